The van der Waals surface area contributed by atoms with Gasteiger partial charge in [-0.1, -0.05) is 36.4 Å². The van der Waals surface area contributed by atoms with Gasteiger partial charge in [-0.05, 0) is 57.3 Å². The standard InChI is InChI=1S/C17H20N4S/c1-17(2,3)21(15-12-8-5-9-13-15)20-16(22)19-18-14-10-6-4-7-11-14/h4-13H,1-3H3,(H,20,22). The third kappa shape index (κ3) is 4.63. The average molecular weight is 312 g/mol. The quantitative estimate of drug-likeness (QED) is 0.499. The summed E-state index contributed by atoms with van der Waals surface area (Å²) in [6.07, 6.45) is 0. The Morgan fingerprint density at radius 3 is 2.05 bits per heavy atom. The minimum absolute atomic E-state index is 0.159. The lowest BCUT2D eigenvalue weighted by atomic mass is 10.1. The first kappa shape index (κ1) is 16.1. The molecule has 0 saturated heterocycles. The van der Waals surface area contributed by atoms with Crippen molar-refractivity contribution in [1.82, 2.24) is 5.43 Å². The Balaban J connectivity index is 2.11. The number of azo groups is 1. The first-order valence-corrected chi connectivity index (χ1v) is 7.50. The molecule has 0 fully saturated rings. The number of nitrogens with one attached hydrogen (secondary N) is 1. The van der Waals surface area contributed by atoms with Crippen molar-refractivity contribution in [3.63, 3.8) is 0 Å². The predicted octanol–water partition coefficient (Wildman–Crippen LogP) is 4.86. The first-order valence-electron chi connectivity index (χ1n) is 7.09. The largest absolute Gasteiger partial charge is 0.281 e. The number of anilines is 1. The monoisotopic (exact) mass is 312 g/mol. The zero-order valence-electron chi connectivity index (χ0n) is 13.0. The molecule has 1 N–H and O–H groups in total. The van der Waals surface area contributed by atoms with Crippen LogP contribution in [0.5, 0.6) is 0 Å². The lowest BCUT2D eigenvalue weighted by Crippen LogP contribution is -2.52. The number of thiocarbonyl (C=S) groups is 1. The van der Waals surface area contributed by atoms with Crippen molar-refractivity contribution in [2.45, 2.75) is 26.3 Å². The molecular formula is C17H20N4S. The second kappa shape index (κ2) is 7.13. The maximum absolute atomic E-state index is 5.29. The van der Waals surface area contributed by atoms with Crippen LogP contribution in [0.3, 0.4) is 0 Å². The minimum atomic E-state index is -0.159. The van der Waals surface area contributed by atoms with Gasteiger partial charge < -0.3 is 0 Å². The predicted molar refractivity (Wildman–Crippen MR) is 95.4 cm³/mol. The molecule has 114 valence electrons. The van der Waals surface area contributed by atoms with Gasteiger partial charge in [-0.15, -0.1) is 10.2 Å². The molecule has 0 radical (unpaired) electrons. The van der Waals surface area contributed by atoms with Gasteiger partial charge >= 0.3 is 0 Å². The minimum Gasteiger partial charge on any atom is -0.281 e. The van der Waals surface area contributed by atoms with Crippen molar-refractivity contribution in [2.75, 3.05) is 5.01 Å². The van der Waals surface area contributed by atoms with Crippen LogP contribution >= 0.6 is 12.2 Å². The molecular weight excluding hydrogens is 292 g/mol. The van der Waals surface area contributed by atoms with E-state index in [2.05, 4.69) is 36.4 Å². The van der Waals surface area contributed by atoms with E-state index in [0.29, 0.717) is 5.11 Å². The Bertz CT molecular complexity index is 633. The molecule has 0 bridgehead atoms. The molecule has 0 amide bonds. The highest BCUT2D eigenvalue weighted by Crippen LogP contribution is 2.21. The third-order valence-corrected chi connectivity index (χ3v) is 3.08. The summed E-state index contributed by atoms with van der Waals surface area (Å²) in [6, 6.07) is 19.5. The Morgan fingerprint density at radius 2 is 1.50 bits per heavy atom. The van der Waals surface area contributed by atoms with Crippen LogP contribution in [0.4, 0.5) is 11.4 Å². The molecule has 2 aromatic carbocycles. The van der Waals surface area contributed by atoms with Gasteiger partial charge in [-0.3, -0.25) is 10.4 Å². The van der Waals surface area contributed by atoms with Gasteiger partial charge in [0.25, 0.3) is 0 Å². The van der Waals surface area contributed by atoms with Gasteiger partial charge in [0.05, 0.1) is 16.9 Å². The lowest BCUT2D eigenvalue weighted by molar-refractivity contribution is 0.484. The van der Waals surface area contributed by atoms with E-state index in [1.54, 1.807) is 0 Å². The summed E-state index contributed by atoms with van der Waals surface area (Å²) in [4.78, 5) is 0. The van der Waals surface area contributed by atoms with E-state index in [4.69, 9.17) is 12.2 Å². The van der Waals surface area contributed by atoms with Crippen LogP contribution in [0.15, 0.2) is 70.9 Å². The molecule has 2 aromatic rings. The molecule has 0 spiro atoms. The van der Waals surface area contributed by atoms with Crippen LogP contribution in [-0.2, 0) is 0 Å². The summed E-state index contributed by atoms with van der Waals surface area (Å²) in [6.45, 7) is 6.30. The number of benzene rings is 2. The Labute approximate surface area is 136 Å². The van der Waals surface area contributed by atoms with Gasteiger partial charge in [-0.2, -0.15) is 0 Å². The number of para-hydroxylation sites is 1. The van der Waals surface area contributed by atoms with Crippen molar-refractivity contribution >= 4 is 28.7 Å². The molecule has 4 nitrogen and oxygen atoms in total. The van der Waals surface area contributed by atoms with Gasteiger partial charge in [0.15, 0.2) is 0 Å². The Morgan fingerprint density at radius 1 is 0.955 bits per heavy atom. The molecule has 0 aliphatic heterocycles. The van der Waals surface area contributed by atoms with Gasteiger partial charge in [0, 0.05) is 0 Å². The molecule has 5 heteroatoms. The van der Waals surface area contributed by atoms with E-state index in [-0.39, 0.29) is 5.54 Å². The van der Waals surface area contributed by atoms with E-state index in [1.807, 2.05) is 65.7 Å². The summed E-state index contributed by atoms with van der Waals surface area (Å²) in [5.74, 6) is 0. The Hall–Kier alpha value is -2.27. The first-order chi connectivity index (χ1) is 10.5. The van der Waals surface area contributed by atoms with Crippen LogP contribution in [0.2, 0.25) is 0 Å². The molecule has 0 unspecified atom stereocenters. The summed E-state index contributed by atoms with van der Waals surface area (Å²) in [7, 11) is 0. The SMILES string of the molecule is CC(C)(C)N(NC(=S)N=Nc1ccccc1)c1ccccc1. The van der Waals surface area contributed by atoms with Crippen LogP contribution in [0, 0.1) is 0 Å². The summed E-state index contributed by atoms with van der Waals surface area (Å²) in [5, 5.41) is 10.5. The molecule has 0 heterocycles. The van der Waals surface area contributed by atoms with E-state index >= 15 is 0 Å². The number of nitrogens with zero attached hydrogens (tertiary/aromatic N) is 3. The molecule has 0 aliphatic carbocycles. The zero-order valence-corrected chi connectivity index (χ0v) is 13.8. The van der Waals surface area contributed by atoms with E-state index in [1.165, 1.54) is 0 Å². The smallest absolute Gasteiger partial charge is 0.232 e. The third-order valence-electron chi connectivity index (χ3n) is 2.91. The molecule has 0 atom stereocenters. The highest BCUT2D eigenvalue weighted by atomic mass is 32.1. The average Bonchev–Trinajstić information content (AvgIpc) is 2.51. The summed E-state index contributed by atoms with van der Waals surface area (Å²) < 4.78 is 0. The number of hydrogen-bond donors (Lipinski definition) is 1. The van der Waals surface area contributed by atoms with Crippen molar-refractivity contribution < 1.29 is 0 Å². The van der Waals surface area contributed by atoms with Gasteiger partial charge in [-0.25, -0.2) is 0 Å². The Kier molecular flexibility index (Phi) is 5.22. The van der Waals surface area contributed by atoms with E-state index in [0.717, 1.165) is 11.4 Å². The fraction of sp³-hybridized carbons (Fsp3) is 0.235. The van der Waals surface area contributed by atoms with Crippen LogP contribution in [0.1, 0.15) is 20.8 Å². The van der Waals surface area contributed by atoms with Gasteiger partial charge in [0.1, 0.15) is 0 Å². The summed E-state index contributed by atoms with van der Waals surface area (Å²) >= 11 is 5.29. The normalized spacial score (nSPS) is 11.4. The highest BCUT2D eigenvalue weighted by molar-refractivity contribution is 7.80. The van der Waals surface area contributed by atoms with Crippen molar-refractivity contribution in [2.24, 2.45) is 10.2 Å². The van der Waals surface area contributed by atoms with Gasteiger partial charge in [0.2, 0.25) is 5.11 Å². The molecule has 0 aliphatic rings. The topological polar surface area (TPSA) is 40.0 Å². The number of rotatable bonds is 3. The van der Waals surface area contributed by atoms with Crippen LogP contribution in [0.25, 0.3) is 0 Å². The fourth-order valence-corrected chi connectivity index (χ4v) is 2.04. The van der Waals surface area contributed by atoms with Crippen molar-refractivity contribution in [3.8, 4) is 0 Å². The maximum atomic E-state index is 5.29. The number of hydrazine groups is 1. The fourth-order valence-electron chi connectivity index (χ4n) is 1.91. The van der Waals surface area contributed by atoms with E-state index < -0.39 is 0 Å². The number of hydrogen-bond acceptors (Lipinski definition) is 3. The zero-order chi connectivity index (χ0) is 16.0. The highest BCUT2D eigenvalue weighted by Gasteiger charge is 2.22. The van der Waals surface area contributed by atoms with Crippen molar-refractivity contribution in [1.29, 1.82) is 0 Å². The van der Waals surface area contributed by atoms with Crippen LogP contribution < -0.4 is 10.4 Å². The molecule has 0 aromatic heterocycles. The summed E-state index contributed by atoms with van der Waals surface area (Å²) in [5.41, 5.74) is 4.78. The second-order valence-electron chi connectivity index (χ2n) is 5.79. The van der Waals surface area contributed by atoms with E-state index in [9.17, 15) is 0 Å². The molecule has 22 heavy (non-hydrogen) atoms. The second-order valence-corrected chi connectivity index (χ2v) is 6.18. The molecule has 2 rings (SSSR count). The van der Waals surface area contributed by atoms with Crippen molar-refractivity contribution in [3.05, 3.63) is 60.7 Å². The lowest BCUT2D eigenvalue weighted by Gasteiger charge is -2.37. The van der Waals surface area contributed by atoms with Crippen LogP contribution in [-0.4, -0.2) is 10.7 Å². The molecule has 0 saturated carbocycles. The maximum Gasteiger partial charge on any atom is 0.232 e.